The molecule has 5 nitrogen and oxygen atoms in total. The minimum atomic E-state index is -4.51. The molecule has 154 valence electrons. The zero-order valence-corrected chi connectivity index (χ0v) is 17.2. The first-order chi connectivity index (χ1) is 13.4. The molecule has 0 heterocycles. The Morgan fingerprint density at radius 3 is 2.18 bits per heavy atom. The van der Waals surface area contributed by atoms with E-state index >= 15 is 0 Å². The summed E-state index contributed by atoms with van der Waals surface area (Å²) in [5.74, 6) is 0.289. The van der Waals surface area contributed by atoms with Crippen LogP contribution in [0, 0.1) is 0 Å². The van der Waals surface area contributed by atoms with Crippen LogP contribution in [-0.2, 0) is 16.5 Å². The molecule has 28 heavy (non-hydrogen) atoms. The molecular weight excluding hydrogens is 376 g/mol. The first kappa shape index (κ1) is 22.2. The lowest BCUT2D eigenvalue weighted by molar-refractivity contribution is 0.435. The maximum absolute atomic E-state index is 11.6. The molecule has 0 radical (unpaired) electrons. The van der Waals surface area contributed by atoms with Gasteiger partial charge in [0.15, 0.2) is 0 Å². The van der Waals surface area contributed by atoms with Gasteiger partial charge in [-0.3, -0.25) is 4.55 Å². The fourth-order valence-electron chi connectivity index (χ4n) is 3.16. The van der Waals surface area contributed by atoms with E-state index in [4.69, 9.17) is 4.74 Å². The Kier molecular flexibility index (Phi) is 8.80. The molecule has 0 aliphatic heterocycles. The highest BCUT2D eigenvalue weighted by Crippen LogP contribution is 2.33. The number of hydrogen-bond acceptors (Lipinski definition) is 4. The summed E-state index contributed by atoms with van der Waals surface area (Å²) in [6.45, 7) is 2.22. The summed E-state index contributed by atoms with van der Waals surface area (Å²) in [5, 5.41) is 9.53. The lowest BCUT2D eigenvalue weighted by Crippen LogP contribution is -2.02. The third-order valence-electron chi connectivity index (χ3n) is 4.70. The Balaban J connectivity index is 1.98. The molecule has 0 spiro atoms. The molecule has 6 heteroatoms. The van der Waals surface area contributed by atoms with Gasteiger partial charge in [0.25, 0.3) is 10.1 Å². The minimum Gasteiger partial charge on any atom is -0.508 e. The Morgan fingerprint density at radius 2 is 1.50 bits per heavy atom. The van der Waals surface area contributed by atoms with E-state index in [9.17, 15) is 18.1 Å². The molecule has 0 aromatic heterocycles. The van der Waals surface area contributed by atoms with E-state index in [1.54, 1.807) is 6.07 Å². The van der Waals surface area contributed by atoms with Crippen LogP contribution in [0.5, 0.6) is 17.2 Å². The Labute approximate surface area is 168 Å². The zero-order chi connectivity index (χ0) is 20.4. The number of benzene rings is 2. The molecule has 0 fully saturated rings. The van der Waals surface area contributed by atoms with E-state index in [2.05, 4.69) is 6.92 Å². The second-order valence-corrected chi connectivity index (χ2v) is 8.43. The van der Waals surface area contributed by atoms with Gasteiger partial charge in [0, 0.05) is 6.07 Å². The van der Waals surface area contributed by atoms with Gasteiger partial charge >= 0.3 is 0 Å². The van der Waals surface area contributed by atoms with Crippen LogP contribution in [0.3, 0.4) is 0 Å². The standard InChI is InChI=1S/C22H30O5S/c1-2-3-4-5-6-7-8-9-12-18-13-10-11-14-20(18)27-21-16-15-19(23)17-22(21)28(24,25)26/h10-11,13-17,23H,2-9,12H2,1H3,(H,24,25,26). The van der Waals surface area contributed by atoms with Crippen LogP contribution in [0.1, 0.15) is 63.9 Å². The van der Waals surface area contributed by atoms with Crippen molar-refractivity contribution in [3.05, 3.63) is 48.0 Å². The quantitative estimate of drug-likeness (QED) is 0.328. The molecule has 2 rings (SSSR count). The van der Waals surface area contributed by atoms with Crippen LogP contribution < -0.4 is 4.74 Å². The van der Waals surface area contributed by atoms with Crippen LogP contribution in [0.25, 0.3) is 0 Å². The van der Waals surface area contributed by atoms with Crippen LogP contribution in [-0.4, -0.2) is 18.1 Å². The van der Waals surface area contributed by atoms with Gasteiger partial charge in [-0.05, 0) is 36.6 Å². The normalized spacial score (nSPS) is 11.5. The van der Waals surface area contributed by atoms with Gasteiger partial charge in [-0.2, -0.15) is 8.42 Å². The molecule has 0 aliphatic carbocycles. The SMILES string of the molecule is CCCCCCCCCCc1ccccc1Oc1ccc(O)cc1S(=O)(=O)O. The van der Waals surface area contributed by atoms with Crippen LogP contribution in [0.2, 0.25) is 0 Å². The summed E-state index contributed by atoms with van der Waals surface area (Å²) < 4.78 is 38.4. The summed E-state index contributed by atoms with van der Waals surface area (Å²) in [7, 11) is -4.51. The van der Waals surface area contributed by atoms with E-state index in [1.165, 1.54) is 50.7 Å². The minimum absolute atomic E-state index is 0.0105. The van der Waals surface area contributed by atoms with E-state index in [0.29, 0.717) is 5.75 Å². The molecule has 0 amide bonds. The number of phenols is 1. The third-order valence-corrected chi connectivity index (χ3v) is 5.57. The van der Waals surface area contributed by atoms with Crippen LogP contribution in [0.4, 0.5) is 0 Å². The second-order valence-electron chi connectivity index (χ2n) is 7.04. The number of unbranched alkanes of at least 4 members (excludes halogenated alkanes) is 7. The van der Waals surface area contributed by atoms with Gasteiger partial charge in [0.05, 0.1) is 0 Å². The number of ether oxygens (including phenoxy) is 1. The predicted molar refractivity (Wildman–Crippen MR) is 111 cm³/mol. The number of aryl methyl sites for hydroxylation is 1. The lowest BCUT2D eigenvalue weighted by atomic mass is 10.0. The van der Waals surface area contributed by atoms with Crippen molar-refractivity contribution < 1.29 is 22.8 Å². The van der Waals surface area contributed by atoms with Gasteiger partial charge in [-0.15, -0.1) is 0 Å². The van der Waals surface area contributed by atoms with Crippen molar-refractivity contribution in [2.24, 2.45) is 0 Å². The molecule has 0 bridgehead atoms. The van der Waals surface area contributed by atoms with Crippen molar-refractivity contribution in [3.63, 3.8) is 0 Å². The highest BCUT2D eigenvalue weighted by molar-refractivity contribution is 7.86. The number of rotatable bonds is 12. The first-order valence-corrected chi connectivity index (χ1v) is 11.4. The smallest absolute Gasteiger partial charge is 0.298 e. The first-order valence-electron chi connectivity index (χ1n) is 9.98. The molecule has 0 atom stereocenters. The van der Waals surface area contributed by atoms with Crippen LogP contribution in [0.15, 0.2) is 47.4 Å². The van der Waals surface area contributed by atoms with Gasteiger partial charge in [0.2, 0.25) is 0 Å². The lowest BCUT2D eigenvalue weighted by Gasteiger charge is -2.13. The van der Waals surface area contributed by atoms with Crippen molar-refractivity contribution in [3.8, 4) is 17.2 Å². The summed E-state index contributed by atoms with van der Waals surface area (Å²) in [6.07, 6.45) is 10.7. The number of aromatic hydroxyl groups is 1. The van der Waals surface area contributed by atoms with Crippen molar-refractivity contribution in [2.75, 3.05) is 0 Å². The van der Waals surface area contributed by atoms with E-state index in [1.807, 2.05) is 18.2 Å². The summed E-state index contributed by atoms with van der Waals surface area (Å²) >= 11 is 0. The molecule has 0 saturated heterocycles. The highest BCUT2D eigenvalue weighted by Gasteiger charge is 2.19. The average Bonchev–Trinajstić information content (AvgIpc) is 2.65. The average molecular weight is 407 g/mol. The summed E-state index contributed by atoms with van der Waals surface area (Å²) in [6, 6.07) is 11.1. The van der Waals surface area contributed by atoms with Gasteiger partial charge < -0.3 is 9.84 Å². The number of phenolic OH excluding ortho intramolecular Hbond substituents is 1. The second kappa shape index (κ2) is 11.1. The predicted octanol–water partition coefficient (Wildman–Crippen LogP) is 6.11. The highest BCUT2D eigenvalue weighted by atomic mass is 32.2. The molecule has 2 N–H and O–H groups in total. The van der Waals surface area contributed by atoms with Gasteiger partial charge in [0.1, 0.15) is 22.1 Å². The Morgan fingerprint density at radius 1 is 0.857 bits per heavy atom. The Bertz CT molecular complexity index is 846. The molecular formula is C22H30O5S. The largest absolute Gasteiger partial charge is 0.508 e. The fourth-order valence-corrected chi connectivity index (χ4v) is 3.79. The van der Waals surface area contributed by atoms with Crippen LogP contribution >= 0.6 is 0 Å². The molecule has 2 aromatic rings. The zero-order valence-electron chi connectivity index (χ0n) is 16.4. The molecule has 0 unspecified atom stereocenters. The number of para-hydroxylation sites is 1. The molecule has 0 saturated carbocycles. The van der Waals surface area contributed by atoms with Gasteiger partial charge in [-0.25, -0.2) is 0 Å². The topological polar surface area (TPSA) is 83.8 Å². The fraction of sp³-hybridized carbons (Fsp3) is 0.455. The summed E-state index contributed by atoms with van der Waals surface area (Å²) in [4.78, 5) is -0.450. The maximum atomic E-state index is 11.6. The molecule has 2 aromatic carbocycles. The van der Waals surface area contributed by atoms with Crippen molar-refractivity contribution in [1.82, 2.24) is 0 Å². The monoisotopic (exact) mass is 406 g/mol. The third kappa shape index (κ3) is 7.17. The maximum Gasteiger partial charge on any atom is 0.298 e. The van der Waals surface area contributed by atoms with E-state index in [0.717, 1.165) is 30.9 Å². The van der Waals surface area contributed by atoms with E-state index < -0.39 is 15.0 Å². The molecule has 0 aliphatic rings. The number of hydrogen-bond donors (Lipinski definition) is 2. The van der Waals surface area contributed by atoms with E-state index in [-0.39, 0.29) is 11.5 Å². The van der Waals surface area contributed by atoms with Crippen molar-refractivity contribution >= 4 is 10.1 Å². The van der Waals surface area contributed by atoms with Crippen molar-refractivity contribution in [1.29, 1.82) is 0 Å². The van der Waals surface area contributed by atoms with Gasteiger partial charge in [-0.1, -0.05) is 70.1 Å². The summed E-state index contributed by atoms with van der Waals surface area (Å²) in [5.41, 5.74) is 0.989. The van der Waals surface area contributed by atoms with Crippen molar-refractivity contribution in [2.45, 2.75) is 69.6 Å². The Hall–Kier alpha value is -2.05.